The minimum Gasteiger partial charge on any atom is -0.341 e. The number of hydrogen-bond acceptors (Lipinski definition) is 3. The van der Waals surface area contributed by atoms with Gasteiger partial charge in [0.2, 0.25) is 5.91 Å². The van der Waals surface area contributed by atoms with E-state index in [2.05, 4.69) is 13.8 Å². The number of nitrogens with zero attached hydrogens (tertiary/aromatic N) is 1. The van der Waals surface area contributed by atoms with Gasteiger partial charge in [0.1, 0.15) is 0 Å². The number of carbonyl (C=O) groups is 1. The maximum Gasteiger partial charge on any atom is 0.222 e. The highest BCUT2D eigenvalue weighted by molar-refractivity contribution is 8.00. The summed E-state index contributed by atoms with van der Waals surface area (Å²) in [6, 6.07) is 0. The summed E-state index contributed by atoms with van der Waals surface area (Å²) in [5.41, 5.74) is 5.41. The Kier molecular flexibility index (Phi) is 5.47. The summed E-state index contributed by atoms with van der Waals surface area (Å²) < 4.78 is 0. The fraction of sp³-hybridized carbons (Fsp3) is 0.909. The molecule has 0 aliphatic carbocycles. The van der Waals surface area contributed by atoms with Crippen LogP contribution >= 0.6 is 11.8 Å². The monoisotopic (exact) mass is 230 g/mol. The van der Waals surface area contributed by atoms with Gasteiger partial charge in [-0.15, -0.1) is 0 Å². The Morgan fingerprint density at radius 3 is 2.93 bits per heavy atom. The number of hydrogen-bond donors (Lipinski definition) is 1. The molecule has 0 aromatic carbocycles. The van der Waals surface area contributed by atoms with E-state index in [4.69, 9.17) is 5.73 Å². The first-order chi connectivity index (χ1) is 7.15. The van der Waals surface area contributed by atoms with Crippen LogP contribution < -0.4 is 5.73 Å². The third-order valence-corrected chi connectivity index (χ3v) is 4.32. The molecule has 1 aliphatic rings. The number of nitrogens with two attached hydrogens (primary N) is 1. The fourth-order valence-electron chi connectivity index (χ4n) is 1.72. The topological polar surface area (TPSA) is 46.3 Å². The van der Waals surface area contributed by atoms with Crippen molar-refractivity contribution in [2.75, 3.05) is 25.4 Å². The van der Waals surface area contributed by atoms with E-state index in [0.717, 1.165) is 25.3 Å². The highest BCUT2D eigenvalue weighted by Gasteiger charge is 2.25. The van der Waals surface area contributed by atoms with Gasteiger partial charge in [-0.25, -0.2) is 0 Å². The molecule has 1 aliphatic heterocycles. The molecule has 2 N–H and O–H groups in total. The molecular formula is C11H22N2OS. The van der Waals surface area contributed by atoms with Gasteiger partial charge >= 0.3 is 0 Å². The van der Waals surface area contributed by atoms with Crippen LogP contribution in [0.1, 0.15) is 26.7 Å². The van der Waals surface area contributed by atoms with Crippen LogP contribution in [0.5, 0.6) is 0 Å². The van der Waals surface area contributed by atoms with E-state index in [0.29, 0.717) is 24.1 Å². The van der Waals surface area contributed by atoms with Crippen molar-refractivity contribution >= 4 is 17.7 Å². The first kappa shape index (κ1) is 12.8. The van der Waals surface area contributed by atoms with Gasteiger partial charge in [0.25, 0.3) is 0 Å². The normalized spacial score (nSPS) is 22.1. The molecule has 0 radical (unpaired) electrons. The van der Waals surface area contributed by atoms with Crippen LogP contribution in [0.2, 0.25) is 0 Å². The summed E-state index contributed by atoms with van der Waals surface area (Å²) >= 11 is 2.00. The van der Waals surface area contributed by atoms with Crippen LogP contribution in [0.15, 0.2) is 0 Å². The summed E-state index contributed by atoms with van der Waals surface area (Å²) in [4.78, 5) is 13.8. The van der Waals surface area contributed by atoms with Gasteiger partial charge in [0.15, 0.2) is 0 Å². The average molecular weight is 230 g/mol. The van der Waals surface area contributed by atoms with E-state index >= 15 is 0 Å². The molecule has 1 saturated heterocycles. The fourth-order valence-corrected chi connectivity index (χ4v) is 3.02. The van der Waals surface area contributed by atoms with Crippen LogP contribution in [-0.2, 0) is 4.79 Å². The molecule has 1 atom stereocenters. The molecule has 88 valence electrons. The van der Waals surface area contributed by atoms with Gasteiger partial charge in [-0.2, -0.15) is 11.8 Å². The number of carbonyl (C=O) groups excluding carboxylic acids is 1. The lowest BCUT2D eigenvalue weighted by Gasteiger charge is -2.34. The minimum atomic E-state index is 0.284. The molecule has 1 heterocycles. The van der Waals surface area contributed by atoms with E-state index in [1.165, 1.54) is 0 Å². The van der Waals surface area contributed by atoms with Crippen molar-refractivity contribution in [3.8, 4) is 0 Å². The SMILES string of the molecule is CC(C)C1CN(C(=O)CCCN)CCS1. The lowest BCUT2D eigenvalue weighted by molar-refractivity contribution is -0.131. The van der Waals surface area contributed by atoms with Gasteiger partial charge in [0.05, 0.1) is 0 Å². The van der Waals surface area contributed by atoms with Crippen LogP contribution in [0.4, 0.5) is 0 Å². The van der Waals surface area contributed by atoms with Gasteiger partial charge < -0.3 is 10.6 Å². The molecule has 0 bridgehead atoms. The predicted octanol–water partition coefficient (Wildman–Crippen LogP) is 1.33. The predicted molar refractivity (Wildman–Crippen MR) is 66.0 cm³/mol. The minimum absolute atomic E-state index is 0.284. The summed E-state index contributed by atoms with van der Waals surface area (Å²) in [6.07, 6.45) is 1.43. The van der Waals surface area contributed by atoms with Crippen molar-refractivity contribution in [3.05, 3.63) is 0 Å². The molecule has 4 heteroatoms. The zero-order valence-corrected chi connectivity index (χ0v) is 10.6. The van der Waals surface area contributed by atoms with Crippen LogP contribution in [0.25, 0.3) is 0 Å². The van der Waals surface area contributed by atoms with Gasteiger partial charge in [-0.3, -0.25) is 4.79 Å². The summed E-state index contributed by atoms with van der Waals surface area (Å²) in [5.74, 6) is 2.02. The molecular weight excluding hydrogens is 208 g/mol. The molecule has 0 saturated carbocycles. The maximum absolute atomic E-state index is 11.8. The number of rotatable bonds is 4. The Balaban J connectivity index is 2.38. The summed E-state index contributed by atoms with van der Waals surface area (Å²) in [5, 5.41) is 0.612. The van der Waals surface area contributed by atoms with E-state index in [1.807, 2.05) is 16.7 Å². The Hall–Kier alpha value is -0.220. The quantitative estimate of drug-likeness (QED) is 0.792. The lowest BCUT2D eigenvalue weighted by atomic mass is 10.1. The first-order valence-electron chi connectivity index (χ1n) is 5.74. The highest BCUT2D eigenvalue weighted by atomic mass is 32.2. The Bertz CT molecular complexity index is 209. The zero-order valence-electron chi connectivity index (χ0n) is 9.74. The Morgan fingerprint density at radius 2 is 2.33 bits per heavy atom. The number of amides is 1. The van der Waals surface area contributed by atoms with Gasteiger partial charge in [-0.05, 0) is 18.9 Å². The van der Waals surface area contributed by atoms with Crippen molar-refractivity contribution in [1.29, 1.82) is 0 Å². The second kappa shape index (κ2) is 6.38. The molecule has 1 fully saturated rings. The molecule has 3 nitrogen and oxygen atoms in total. The maximum atomic E-state index is 11.8. The van der Waals surface area contributed by atoms with E-state index in [1.54, 1.807) is 0 Å². The van der Waals surface area contributed by atoms with Crippen molar-refractivity contribution in [2.24, 2.45) is 11.7 Å². The largest absolute Gasteiger partial charge is 0.341 e. The van der Waals surface area contributed by atoms with E-state index < -0.39 is 0 Å². The smallest absolute Gasteiger partial charge is 0.222 e. The molecule has 15 heavy (non-hydrogen) atoms. The number of thioether (sulfide) groups is 1. The zero-order chi connectivity index (χ0) is 11.3. The molecule has 1 amide bonds. The van der Waals surface area contributed by atoms with E-state index in [9.17, 15) is 4.79 Å². The van der Waals surface area contributed by atoms with Crippen molar-refractivity contribution in [3.63, 3.8) is 0 Å². The highest BCUT2D eigenvalue weighted by Crippen LogP contribution is 2.25. The molecule has 0 aromatic heterocycles. The van der Waals surface area contributed by atoms with Crippen LogP contribution in [0.3, 0.4) is 0 Å². The standard InChI is InChI=1S/C11H22N2OS/c1-9(2)10-8-13(6-7-15-10)11(14)4-3-5-12/h9-10H,3-8,12H2,1-2H3. The Morgan fingerprint density at radius 1 is 1.60 bits per heavy atom. The van der Waals surface area contributed by atoms with Crippen LogP contribution in [0, 0.1) is 5.92 Å². The van der Waals surface area contributed by atoms with Gasteiger partial charge in [0, 0.05) is 30.5 Å². The molecule has 1 rings (SSSR count). The molecule has 0 aromatic rings. The third-order valence-electron chi connectivity index (χ3n) is 2.78. The molecule has 0 spiro atoms. The summed E-state index contributed by atoms with van der Waals surface area (Å²) in [7, 11) is 0. The van der Waals surface area contributed by atoms with Crippen molar-refractivity contribution in [2.45, 2.75) is 31.9 Å². The van der Waals surface area contributed by atoms with E-state index in [-0.39, 0.29) is 5.91 Å². The summed E-state index contributed by atoms with van der Waals surface area (Å²) in [6.45, 7) is 6.90. The van der Waals surface area contributed by atoms with Crippen molar-refractivity contribution < 1.29 is 4.79 Å². The second-order valence-electron chi connectivity index (χ2n) is 4.39. The lowest BCUT2D eigenvalue weighted by Crippen LogP contribution is -2.43. The third kappa shape index (κ3) is 4.03. The van der Waals surface area contributed by atoms with Crippen LogP contribution in [-0.4, -0.2) is 41.4 Å². The molecule has 1 unspecified atom stereocenters. The Labute approximate surface area is 96.8 Å². The first-order valence-corrected chi connectivity index (χ1v) is 6.79. The average Bonchev–Trinajstić information content (AvgIpc) is 2.26. The van der Waals surface area contributed by atoms with Crippen molar-refractivity contribution in [1.82, 2.24) is 4.90 Å². The van der Waals surface area contributed by atoms with Gasteiger partial charge in [-0.1, -0.05) is 13.8 Å². The second-order valence-corrected chi connectivity index (χ2v) is 5.73.